The van der Waals surface area contributed by atoms with Gasteiger partial charge in [-0.1, -0.05) is 30.7 Å². The molecule has 114 valence electrons. The summed E-state index contributed by atoms with van der Waals surface area (Å²) in [7, 11) is 0. The smallest absolute Gasteiger partial charge is 0.166 e. The minimum Gasteiger partial charge on any atom is -0.281 e. The van der Waals surface area contributed by atoms with Crippen molar-refractivity contribution in [3.05, 3.63) is 52.4 Å². The van der Waals surface area contributed by atoms with Gasteiger partial charge < -0.3 is 0 Å². The lowest BCUT2D eigenvalue weighted by molar-refractivity contribution is 0.900. The van der Waals surface area contributed by atoms with Crippen LogP contribution in [0.2, 0.25) is 5.15 Å². The Balaban J connectivity index is 2.20. The van der Waals surface area contributed by atoms with Gasteiger partial charge in [-0.05, 0) is 42.7 Å². The van der Waals surface area contributed by atoms with Gasteiger partial charge in [-0.3, -0.25) is 4.57 Å². The monoisotopic (exact) mass is 333 g/mol. The zero-order valence-corrected chi connectivity index (χ0v) is 14.1. The van der Waals surface area contributed by atoms with E-state index in [-0.39, 0.29) is 0 Å². The summed E-state index contributed by atoms with van der Waals surface area (Å²) < 4.78 is 2.08. The molecule has 0 N–H and O–H groups in total. The summed E-state index contributed by atoms with van der Waals surface area (Å²) >= 11 is 11.9. The fourth-order valence-corrected chi connectivity index (χ4v) is 3.10. The highest BCUT2D eigenvalue weighted by atomic mass is 35.5. The molecule has 22 heavy (non-hydrogen) atoms. The number of aromatic nitrogens is 3. The highest BCUT2D eigenvalue weighted by Gasteiger charge is 2.15. The first-order valence-corrected chi connectivity index (χ1v) is 8.25. The Labute approximate surface area is 139 Å². The number of halogens is 2. The first kappa shape index (κ1) is 15.3. The van der Waals surface area contributed by atoms with E-state index in [1.165, 1.54) is 5.56 Å². The van der Waals surface area contributed by atoms with Crippen LogP contribution in [-0.4, -0.2) is 20.4 Å². The molecule has 0 bridgehead atoms. The number of rotatable bonds is 4. The lowest BCUT2D eigenvalue weighted by Gasteiger charge is -2.09. The third-order valence-electron chi connectivity index (χ3n) is 3.74. The van der Waals surface area contributed by atoms with E-state index in [9.17, 15) is 0 Å². The fraction of sp³-hybridized carbons (Fsp3) is 0.294. The van der Waals surface area contributed by atoms with E-state index in [0.29, 0.717) is 11.0 Å². The maximum Gasteiger partial charge on any atom is 0.166 e. The van der Waals surface area contributed by atoms with Gasteiger partial charge in [0, 0.05) is 18.0 Å². The molecule has 3 rings (SSSR count). The molecule has 2 aromatic heterocycles. The lowest BCUT2D eigenvalue weighted by atomic mass is 10.1. The SMILES string of the molecule is CCc1nc2c(C)cc(Cl)nc2n1-c1ccc(CCCl)cc1. The first-order chi connectivity index (χ1) is 10.6. The van der Waals surface area contributed by atoms with Crippen LogP contribution in [-0.2, 0) is 12.8 Å². The van der Waals surface area contributed by atoms with Gasteiger partial charge in [0.05, 0.1) is 0 Å². The molecule has 2 heterocycles. The molecule has 0 saturated heterocycles. The number of hydrogen-bond donors (Lipinski definition) is 0. The Hall–Kier alpha value is -1.58. The molecule has 0 radical (unpaired) electrons. The molecule has 0 spiro atoms. The molecule has 5 heteroatoms. The van der Waals surface area contributed by atoms with Crippen LogP contribution in [0.1, 0.15) is 23.9 Å². The predicted molar refractivity (Wildman–Crippen MR) is 92.4 cm³/mol. The van der Waals surface area contributed by atoms with Gasteiger partial charge in [0.25, 0.3) is 0 Å². The molecular weight excluding hydrogens is 317 g/mol. The summed E-state index contributed by atoms with van der Waals surface area (Å²) in [6, 6.07) is 10.2. The number of pyridine rings is 1. The summed E-state index contributed by atoms with van der Waals surface area (Å²) in [6.45, 7) is 4.10. The van der Waals surface area contributed by atoms with E-state index in [0.717, 1.165) is 41.1 Å². The van der Waals surface area contributed by atoms with Gasteiger partial charge >= 0.3 is 0 Å². The van der Waals surface area contributed by atoms with E-state index in [4.69, 9.17) is 28.2 Å². The van der Waals surface area contributed by atoms with Crippen LogP contribution in [0, 0.1) is 6.92 Å². The van der Waals surface area contributed by atoms with Gasteiger partial charge in [0.15, 0.2) is 5.65 Å². The van der Waals surface area contributed by atoms with Crippen LogP contribution in [0.15, 0.2) is 30.3 Å². The van der Waals surface area contributed by atoms with Crippen LogP contribution < -0.4 is 0 Å². The number of fused-ring (bicyclic) bond motifs is 1. The van der Waals surface area contributed by atoms with Crippen LogP contribution in [0.5, 0.6) is 0 Å². The average molecular weight is 334 g/mol. The summed E-state index contributed by atoms with van der Waals surface area (Å²) in [5, 5.41) is 0.493. The Morgan fingerprint density at radius 2 is 1.86 bits per heavy atom. The third-order valence-corrected chi connectivity index (χ3v) is 4.12. The van der Waals surface area contributed by atoms with Crippen molar-refractivity contribution in [2.45, 2.75) is 26.7 Å². The fourth-order valence-electron chi connectivity index (χ4n) is 2.63. The third kappa shape index (κ3) is 2.71. The van der Waals surface area contributed by atoms with Crippen LogP contribution in [0.25, 0.3) is 16.9 Å². The molecule has 0 amide bonds. The van der Waals surface area contributed by atoms with E-state index >= 15 is 0 Å². The highest BCUT2D eigenvalue weighted by molar-refractivity contribution is 6.29. The van der Waals surface area contributed by atoms with Gasteiger partial charge in [-0.2, -0.15) is 0 Å². The molecule has 0 saturated carbocycles. The number of benzene rings is 1. The van der Waals surface area contributed by atoms with Crippen molar-refractivity contribution in [3.8, 4) is 5.69 Å². The summed E-state index contributed by atoms with van der Waals surface area (Å²) in [4.78, 5) is 9.21. The predicted octanol–water partition coefficient (Wildman–Crippen LogP) is 4.73. The quantitative estimate of drug-likeness (QED) is 0.510. The largest absolute Gasteiger partial charge is 0.281 e. The van der Waals surface area contributed by atoms with Crippen molar-refractivity contribution in [1.82, 2.24) is 14.5 Å². The molecular formula is C17H17Cl2N3. The lowest BCUT2D eigenvalue weighted by Crippen LogP contribution is -2.01. The van der Waals surface area contributed by atoms with E-state index < -0.39 is 0 Å². The second-order valence-electron chi connectivity index (χ2n) is 5.26. The first-order valence-electron chi connectivity index (χ1n) is 7.33. The van der Waals surface area contributed by atoms with Crippen molar-refractivity contribution in [1.29, 1.82) is 0 Å². The molecule has 0 unspecified atom stereocenters. The van der Waals surface area contributed by atoms with E-state index in [1.54, 1.807) is 0 Å². The van der Waals surface area contributed by atoms with Crippen molar-refractivity contribution >= 4 is 34.4 Å². The second-order valence-corrected chi connectivity index (χ2v) is 6.02. The zero-order chi connectivity index (χ0) is 15.7. The summed E-state index contributed by atoms with van der Waals surface area (Å²) in [5.74, 6) is 1.61. The number of imidazole rings is 1. The molecule has 0 aliphatic carbocycles. The second kappa shape index (κ2) is 6.27. The maximum atomic E-state index is 6.14. The van der Waals surface area contributed by atoms with Crippen LogP contribution in [0.4, 0.5) is 0 Å². The average Bonchev–Trinajstić information content (AvgIpc) is 2.87. The Morgan fingerprint density at radius 3 is 2.50 bits per heavy atom. The van der Waals surface area contributed by atoms with Gasteiger partial charge in [0.2, 0.25) is 0 Å². The minimum atomic E-state index is 0.493. The summed E-state index contributed by atoms with van der Waals surface area (Å²) in [6.07, 6.45) is 1.70. The van der Waals surface area contributed by atoms with E-state index in [2.05, 4.69) is 40.7 Å². The molecule has 1 aromatic carbocycles. The topological polar surface area (TPSA) is 30.7 Å². The molecule has 0 aliphatic rings. The van der Waals surface area contributed by atoms with Crippen molar-refractivity contribution in [2.75, 3.05) is 5.88 Å². The van der Waals surface area contributed by atoms with Crippen LogP contribution in [0.3, 0.4) is 0 Å². The van der Waals surface area contributed by atoms with Crippen molar-refractivity contribution in [2.24, 2.45) is 0 Å². The Kier molecular flexibility index (Phi) is 4.37. The maximum absolute atomic E-state index is 6.14. The van der Waals surface area contributed by atoms with E-state index in [1.807, 2.05) is 13.0 Å². The molecule has 3 nitrogen and oxygen atoms in total. The Bertz CT molecular complexity index is 807. The normalized spacial score (nSPS) is 11.3. The number of alkyl halides is 1. The highest BCUT2D eigenvalue weighted by Crippen LogP contribution is 2.25. The molecule has 0 fully saturated rings. The minimum absolute atomic E-state index is 0.493. The van der Waals surface area contributed by atoms with Crippen molar-refractivity contribution in [3.63, 3.8) is 0 Å². The van der Waals surface area contributed by atoms with Gasteiger partial charge in [0.1, 0.15) is 16.5 Å². The van der Waals surface area contributed by atoms with Gasteiger partial charge in [-0.15, -0.1) is 11.6 Å². The zero-order valence-electron chi connectivity index (χ0n) is 12.6. The molecule has 0 aliphatic heterocycles. The standard InChI is InChI=1S/C17H17Cl2N3/c1-3-15-21-16-11(2)10-14(19)20-17(16)22(15)13-6-4-12(5-7-13)8-9-18/h4-7,10H,3,8-9H2,1-2H3. The molecule has 3 aromatic rings. The van der Waals surface area contributed by atoms with Crippen LogP contribution >= 0.6 is 23.2 Å². The number of hydrogen-bond acceptors (Lipinski definition) is 2. The number of nitrogens with zero attached hydrogens (tertiary/aromatic N) is 3. The molecule has 0 atom stereocenters. The van der Waals surface area contributed by atoms with Gasteiger partial charge in [-0.25, -0.2) is 9.97 Å². The number of aryl methyl sites for hydroxylation is 3. The summed E-state index contributed by atoms with van der Waals surface area (Å²) in [5.41, 5.74) is 5.04. The van der Waals surface area contributed by atoms with Crippen molar-refractivity contribution < 1.29 is 0 Å². The Morgan fingerprint density at radius 1 is 1.14 bits per heavy atom.